The molecule has 1 N–H and O–H groups in total. The minimum atomic E-state index is -0.675. The lowest BCUT2D eigenvalue weighted by Gasteiger charge is -2.11. The van der Waals surface area contributed by atoms with E-state index < -0.39 is 5.63 Å². The number of phenols is 1. The van der Waals surface area contributed by atoms with Gasteiger partial charge in [-0.25, -0.2) is 4.79 Å². The number of rotatable bonds is 6. The van der Waals surface area contributed by atoms with E-state index in [4.69, 9.17) is 13.9 Å². The van der Waals surface area contributed by atoms with E-state index in [2.05, 4.69) is 6.92 Å². The second-order valence-corrected chi connectivity index (χ2v) is 4.42. The highest BCUT2D eigenvalue weighted by molar-refractivity contribution is 5.89. The Hall–Kier alpha value is -2.43. The Labute approximate surface area is 122 Å². The summed E-state index contributed by atoms with van der Waals surface area (Å²) in [4.78, 5) is 11.9. The monoisotopic (exact) mass is 290 g/mol. The Morgan fingerprint density at radius 3 is 2.81 bits per heavy atom. The van der Waals surface area contributed by atoms with Gasteiger partial charge in [0.05, 0.1) is 19.1 Å². The molecular formula is C16H18O5. The van der Waals surface area contributed by atoms with Crippen LogP contribution in [0.3, 0.4) is 0 Å². The minimum absolute atomic E-state index is 0.00701. The van der Waals surface area contributed by atoms with E-state index in [0.717, 1.165) is 12.8 Å². The van der Waals surface area contributed by atoms with Crippen LogP contribution in [0.2, 0.25) is 0 Å². The molecule has 0 aliphatic carbocycles. The molecule has 0 amide bonds. The predicted molar refractivity (Wildman–Crippen MR) is 80.2 cm³/mol. The molecule has 1 aromatic heterocycles. The summed E-state index contributed by atoms with van der Waals surface area (Å²) in [7, 11) is 1.38. The number of hydrogen-bond donors (Lipinski definition) is 1. The van der Waals surface area contributed by atoms with Crippen LogP contribution in [0, 0.1) is 0 Å². The Morgan fingerprint density at radius 2 is 2.10 bits per heavy atom. The molecule has 0 bridgehead atoms. The molecule has 0 saturated carbocycles. The van der Waals surface area contributed by atoms with Crippen molar-refractivity contribution in [3.05, 3.63) is 40.8 Å². The fourth-order valence-corrected chi connectivity index (χ4v) is 2.00. The van der Waals surface area contributed by atoms with Gasteiger partial charge in [-0.3, -0.25) is 0 Å². The van der Waals surface area contributed by atoms with Gasteiger partial charge in [-0.2, -0.15) is 0 Å². The molecule has 0 fully saturated rings. The van der Waals surface area contributed by atoms with Crippen LogP contribution >= 0.6 is 0 Å². The second kappa shape index (κ2) is 6.83. The highest BCUT2D eigenvalue weighted by Crippen LogP contribution is 2.36. The normalized spacial score (nSPS) is 11.1. The fraction of sp³-hybridized carbons (Fsp3) is 0.312. The van der Waals surface area contributed by atoms with Crippen molar-refractivity contribution in [1.29, 1.82) is 0 Å². The molecule has 0 aliphatic heterocycles. The smallest absolute Gasteiger partial charge is 0.383 e. The topological polar surface area (TPSA) is 68.9 Å². The quantitative estimate of drug-likeness (QED) is 0.502. The van der Waals surface area contributed by atoms with Gasteiger partial charge in [0.15, 0.2) is 17.1 Å². The van der Waals surface area contributed by atoms with Crippen LogP contribution in [0.5, 0.6) is 17.2 Å². The van der Waals surface area contributed by atoms with Gasteiger partial charge in [0, 0.05) is 0 Å². The number of benzene rings is 1. The first-order valence-corrected chi connectivity index (χ1v) is 6.79. The molecule has 112 valence electrons. The number of hydrogen-bond acceptors (Lipinski definition) is 5. The number of fused-ring (bicyclic) bond motifs is 1. The molecule has 0 aliphatic rings. The lowest BCUT2D eigenvalue weighted by atomic mass is 10.2. The Morgan fingerprint density at radius 1 is 1.29 bits per heavy atom. The van der Waals surface area contributed by atoms with Crippen molar-refractivity contribution in [3.8, 4) is 17.2 Å². The summed E-state index contributed by atoms with van der Waals surface area (Å²) >= 11 is 0. The van der Waals surface area contributed by atoms with Crippen LogP contribution in [-0.2, 0) is 0 Å². The lowest BCUT2D eigenvalue weighted by molar-refractivity contribution is 0.293. The van der Waals surface area contributed by atoms with Crippen LogP contribution in [-0.4, -0.2) is 18.8 Å². The zero-order chi connectivity index (χ0) is 15.2. The van der Waals surface area contributed by atoms with Gasteiger partial charge in [-0.15, -0.1) is 0 Å². The number of methoxy groups -OCH3 is 1. The van der Waals surface area contributed by atoms with Gasteiger partial charge >= 0.3 is 5.63 Å². The van der Waals surface area contributed by atoms with E-state index in [1.54, 1.807) is 12.1 Å². The maximum atomic E-state index is 11.9. The van der Waals surface area contributed by atoms with Crippen molar-refractivity contribution >= 4 is 11.0 Å². The average Bonchev–Trinajstić information content (AvgIpc) is 2.48. The predicted octanol–water partition coefficient (Wildman–Crippen LogP) is 3.24. The van der Waals surface area contributed by atoms with Crippen molar-refractivity contribution in [2.75, 3.05) is 13.7 Å². The molecule has 5 nitrogen and oxygen atoms in total. The van der Waals surface area contributed by atoms with Crippen LogP contribution < -0.4 is 15.1 Å². The number of ether oxygens (including phenoxy) is 2. The Bertz CT molecular complexity index is 700. The third-order valence-corrected chi connectivity index (χ3v) is 2.96. The largest absolute Gasteiger partial charge is 0.504 e. The number of para-hydroxylation sites is 1. The molecular weight excluding hydrogens is 272 g/mol. The summed E-state index contributed by atoms with van der Waals surface area (Å²) in [5.41, 5.74) is -0.576. The van der Waals surface area contributed by atoms with Crippen LogP contribution in [0.4, 0.5) is 0 Å². The molecule has 21 heavy (non-hydrogen) atoms. The highest BCUT2D eigenvalue weighted by atomic mass is 16.5. The summed E-state index contributed by atoms with van der Waals surface area (Å²) < 4.78 is 15.8. The number of allylic oxidation sites excluding steroid dienone is 1. The number of phenolic OH excluding ortho intramolecular Hbond substituents is 1. The van der Waals surface area contributed by atoms with Crippen molar-refractivity contribution in [2.45, 2.75) is 19.8 Å². The van der Waals surface area contributed by atoms with E-state index in [9.17, 15) is 9.90 Å². The van der Waals surface area contributed by atoms with Gasteiger partial charge in [0.1, 0.15) is 0 Å². The third kappa shape index (κ3) is 3.18. The van der Waals surface area contributed by atoms with Gasteiger partial charge in [0.25, 0.3) is 0 Å². The molecule has 1 aromatic carbocycles. The molecule has 0 saturated heterocycles. The van der Waals surface area contributed by atoms with Gasteiger partial charge in [-0.1, -0.05) is 25.1 Å². The average molecular weight is 290 g/mol. The van der Waals surface area contributed by atoms with Crippen molar-refractivity contribution in [3.63, 3.8) is 0 Å². The molecule has 2 aromatic rings. The van der Waals surface area contributed by atoms with E-state index in [0.29, 0.717) is 17.7 Å². The minimum Gasteiger partial charge on any atom is -0.504 e. The standard InChI is InChI=1S/C16H18O5/c1-3-4-5-6-10-20-14-11-8-7-9-12(17)13(11)21-16(18)15(14)19-2/h4-5,7-9,17H,3,6,10H2,1-2H3/b5-4+. The first kappa shape index (κ1) is 15.0. The maximum absolute atomic E-state index is 11.9. The maximum Gasteiger partial charge on any atom is 0.383 e. The van der Waals surface area contributed by atoms with Crippen molar-refractivity contribution in [2.24, 2.45) is 0 Å². The molecule has 0 atom stereocenters. The first-order valence-electron chi connectivity index (χ1n) is 6.79. The summed E-state index contributed by atoms with van der Waals surface area (Å²) in [5, 5.41) is 10.3. The highest BCUT2D eigenvalue weighted by Gasteiger charge is 2.18. The molecule has 0 radical (unpaired) electrons. The third-order valence-electron chi connectivity index (χ3n) is 2.96. The van der Waals surface area contributed by atoms with Crippen molar-refractivity contribution in [1.82, 2.24) is 0 Å². The molecule has 0 spiro atoms. The van der Waals surface area contributed by atoms with Gasteiger partial charge in [0.2, 0.25) is 5.75 Å². The fourth-order valence-electron chi connectivity index (χ4n) is 2.00. The summed E-state index contributed by atoms with van der Waals surface area (Å²) in [6.07, 6.45) is 5.74. The molecule has 5 heteroatoms. The Kier molecular flexibility index (Phi) is 4.87. The van der Waals surface area contributed by atoms with Crippen molar-refractivity contribution < 1.29 is 19.0 Å². The first-order chi connectivity index (χ1) is 10.2. The second-order valence-electron chi connectivity index (χ2n) is 4.42. The van der Waals surface area contributed by atoms with E-state index in [-0.39, 0.29) is 17.1 Å². The number of aromatic hydroxyl groups is 1. The summed E-state index contributed by atoms with van der Waals surface area (Å²) in [6.45, 7) is 2.46. The zero-order valence-corrected chi connectivity index (χ0v) is 12.1. The molecule has 2 rings (SSSR count). The van der Waals surface area contributed by atoms with E-state index in [1.165, 1.54) is 13.2 Å². The zero-order valence-electron chi connectivity index (χ0n) is 12.1. The Balaban J connectivity index is 2.41. The van der Waals surface area contributed by atoms with E-state index in [1.807, 2.05) is 12.2 Å². The lowest BCUT2D eigenvalue weighted by Crippen LogP contribution is -2.08. The van der Waals surface area contributed by atoms with Gasteiger partial charge in [-0.05, 0) is 25.0 Å². The van der Waals surface area contributed by atoms with E-state index >= 15 is 0 Å². The van der Waals surface area contributed by atoms with Crippen LogP contribution in [0.25, 0.3) is 11.0 Å². The van der Waals surface area contributed by atoms with Crippen LogP contribution in [0.1, 0.15) is 19.8 Å². The molecule has 1 heterocycles. The summed E-state index contributed by atoms with van der Waals surface area (Å²) in [6, 6.07) is 4.81. The SMILES string of the molecule is CC/C=C/CCOc1c(OC)c(=O)oc2c(O)cccc12. The van der Waals surface area contributed by atoms with Gasteiger partial charge < -0.3 is 19.0 Å². The van der Waals surface area contributed by atoms with Crippen LogP contribution in [0.15, 0.2) is 39.6 Å². The summed E-state index contributed by atoms with van der Waals surface area (Å²) in [5.74, 6) is 0.195. The molecule has 0 unspecified atom stereocenters.